The molecule has 3 rings (SSSR count). The number of aromatic nitrogens is 4. The maximum absolute atomic E-state index is 12.0. The summed E-state index contributed by atoms with van der Waals surface area (Å²) in [5.41, 5.74) is 1.48. The smallest absolute Gasteiger partial charge is 0.266 e. The Labute approximate surface area is 160 Å². The van der Waals surface area contributed by atoms with Crippen LogP contribution in [0.5, 0.6) is 0 Å². The van der Waals surface area contributed by atoms with Crippen LogP contribution in [0.25, 0.3) is 0 Å². The molecule has 0 bridgehead atoms. The van der Waals surface area contributed by atoms with Crippen molar-refractivity contribution in [2.24, 2.45) is 0 Å². The number of anilines is 2. The predicted molar refractivity (Wildman–Crippen MR) is 104 cm³/mol. The summed E-state index contributed by atoms with van der Waals surface area (Å²) in [6.45, 7) is 2.87. The second-order valence-corrected chi connectivity index (χ2v) is 6.76. The minimum Gasteiger partial charge on any atom is -0.356 e. The number of nitrogens with zero attached hydrogens (tertiary/aromatic N) is 4. The average Bonchev–Trinajstić information content (AvgIpc) is 3.07. The van der Waals surface area contributed by atoms with Gasteiger partial charge in [-0.1, -0.05) is 6.07 Å². The molecule has 3 aromatic heterocycles. The van der Waals surface area contributed by atoms with Gasteiger partial charge in [0.15, 0.2) is 5.13 Å². The highest BCUT2D eigenvalue weighted by atomic mass is 32.1. The van der Waals surface area contributed by atoms with Crippen molar-refractivity contribution in [3.63, 3.8) is 0 Å². The highest BCUT2D eigenvalue weighted by molar-refractivity contribution is 7.13. The lowest BCUT2D eigenvalue weighted by molar-refractivity contribution is -0.120. The molecule has 0 spiro atoms. The van der Waals surface area contributed by atoms with Crippen molar-refractivity contribution in [3.8, 4) is 0 Å². The van der Waals surface area contributed by atoms with Gasteiger partial charge in [0.1, 0.15) is 5.82 Å². The van der Waals surface area contributed by atoms with E-state index in [2.05, 4.69) is 25.7 Å². The van der Waals surface area contributed by atoms with Gasteiger partial charge in [0.05, 0.1) is 12.1 Å². The van der Waals surface area contributed by atoms with Gasteiger partial charge in [0, 0.05) is 36.4 Å². The molecular formula is C18H20N6O2S. The number of hydrogen-bond donors (Lipinski definition) is 2. The number of nitrogens with one attached hydrogen (secondary N) is 2. The third-order valence-corrected chi connectivity index (χ3v) is 4.48. The van der Waals surface area contributed by atoms with Gasteiger partial charge < -0.3 is 10.6 Å². The number of pyridine rings is 1. The molecule has 2 N–H and O–H groups in total. The quantitative estimate of drug-likeness (QED) is 0.575. The van der Waals surface area contributed by atoms with Crippen LogP contribution in [0.3, 0.4) is 0 Å². The second kappa shape index (κ2) is 9.04. The van der Waals surface area contributed by atoms with Crippen LogP contribution in [0.15, 0.2) is 46.7 Å². The van der Waals surface area contributed by atoms with Gasteiger partial charge in [0.2, 0.25) is 5.91 Å². The first-order valence-corrected chi connectivity index (χ1v) is 9.42. The van der Waals surface area contributed by atoms with Crippen molar-refractivity contribution in [3.05, 3.63) is 63.7 Å². The van der Waals surface area contributed by atoms with E-state index in [1.165, 1.54) is 22.1 Å². The summed E-state index contributed by atoms with van der Waals surface area (Å²) in [6, 6.07) is 8.78. The Kier molecular flexibility index (Phi) is 6.26. The molecule has 3 aromatic rings. The lowest BCUT2D eigenvalue weighted by atomic mass is 10.3. The average molecular weight is 384 g/mol. The fourth-order valence-electron chi connectivity index (χ4n) is 2.41. The first-order valence-electron chi connectivity index (χ1n) is 8.54. The Hall–Kier alpha value is -3.07. The Balaban J connectivity index is 1.42. The second-order valence-electron chi connectivity index (χ2n) is 5.90. The van der Waals surface area contributed by atoms with Crippen molar-refractivity contribution < 1.29 is 4.79 Å². The van der Waals surface area contributed by atoms with Crippen LogP contribution >= 0.6 is 11.3 Å². The molecule has 0 fully saturated rings. The van der Waals surface area contributed by atoms with Gasteiger partial charge in [-0.15, -0.1) is 11.3 Å². The lowest BCUT2D eigenvalue weighted by Gasteiger charge is -2.05. The largest absolute Gasteiger partial charge is 0.356 e. The molecule has 140 valence electrons. The van der Waals surface area contributed by atoms with Crippen LogP contribution in [-0.2, 0) is 17.8 Å². The fraction of sp³-hybridized carbons (Fsp3) is 0.278. The summed E-state index contributed by atoms with van der Waals surface area (Å²) in [5.74, 6) is 0.624. The number of aryl methyl sites for hydroxylation is 2. The van der Waals surface area contributed by atoms with E-state index in [0.29, 0.717) is 30.3 Å². The van der Waals surface area contributed by atoms with Gasteiger partial charge in [0.25, 0.3) is 5.56 Å². The number of amides is 1. The molecule has 3 heterocycles. The third kappa shape index (κ3) is 5.71. The minimum absolute atomic E-state index is 0.103. The van der Waals surface area contributed by atoms with E-state index in [9.17, 15) is 9.59 Å². The normalized spacial score (nSPS) is 10.6. The Morgan fingerprint density at radius 1 is 1.22 bits per heavy atom. The van der Waals surface area contributed by atoms with Crippen LogP contribution in [0, 0.1) is 6.92 Å². The SMILES string of the molecule is Cc1cccc(Nc2nc(CC(=O)NCCCn3ncccc3=O)cs2)n1. The molecule has 27 heavy (non-hydrogen) atoms. The Bertz CT molecular complexity index is 968. The summed E-state index contributed by atoms with van der Waals surface area (Å²) >= 11 is 1.43. The highest BCUT2D eigenvalue weighted by Crippen LogP contribution is 2.20. The lowest BCUT2D eigenvalue weighted by Crippen LogP contribution is -2.28. The monoisotopic (exact) mass is 384 g/mol. The Morgan fingerprint density at radius 3 is 2.93 bits per heavy atom. The number of hydrogen-bond acceptors (Lipinski definition) is 7. The van der Waals surface area contributed by atoms with Gasteiger partial charge in [-0.3, -0.25) is 9.59 Å². The molecule has 0 saturated carbocycles. The zero-order valence-electron chi connectivity index (χ0n) is 14.9. The Morgan fingerprint density at radius 2 is 2.11 bits per heavy atom. The molecule has 8 nitrogen and oxygen atoms in total. The first-order chi connectivity index (χ1) is 13.1. The first kappa shape index (κ1) is 18.7. The summed E-state index contributed by atoms with van der Waals surface area (Å²) in [4.78, 5) is 32.4. The van der Waals surface area contributed by atoms with Crippen LogP contribution in [0.4, 0.5) is 10.9 Å². The van der Waals surface area contributed by atoms with E-state index in [4.69, 9.17) is 0 Å². The van der Waals surface area contributed by atoms with Crippen LogP contribution in [0.1, 0.15) is 17.8 Å². The van der Waals surface area contributed by atoms with E-state index in [1.807, 2.05) is 30.5 Å². The topological polar surface area (TPSA) is 102 Å². The van der Waals surface area contributed by atoms with Gasteiger partial charge in [-0.2, -0.15) is 5.10 Å². The van der Waals surface area contributed by atoms with Crippen LogP contribution in [-0.4, -0.2) is 32.2 Å². The highest BCUT2D eigenvalue weighted by Gasteiger charge is 2.08. The standard InChI is InChI=1S/C18H20N6O2S/c1-13-5-2-6-15(21-13)23-18-22-14(12-27-18)11-16(25)19-8-4-10-24-17(26)7-3-9-20-24/h2-3,5-7,9,12H,4,8,10-11H2,1H3,(H,19,25)(H,21,22,23). The summed E-state index contributed by atoms with van der Waals surface area (Å²) in [6.07, 6.45) is 2.41. The fourth-order valence-corrected chi connectivity index (χ4v) is 3.12. The van der Waals surface area contributed by atoms with Crippen molar-refractivity contribution in [1.29, 1.82) is 0 Å². The molecule has 0 saturated heterocycles. The van der Waals surface area contributed by atoms with E-state index in [1.54, 1.807) is 12.3 Å². The van der Waals surface area contributed by atoms with Gasteiger partial charge in [-0.05, 0) is 31.5 Å². The minimum atomic E-state index is -0.144. The molecular weight excluding hydrogens is 364 g/mol. The number of carbonyl (C=O) groups is 1. The van der Waals surface area contributed by atoms with Crippen LogP contribution < -0.4 is 16.2 Å². The molecule has 9 heteroatoms. The maximum Gasteiger partial charge on any atom is 0.266 e. The van der Waals surface area contributed by atoms with E-state index in [-0.39, 0.29) is 17.9 Å². The number of carbonyl (C=O) groups excluding carboxylic acids is 1. The van der Waals surface area contributed by atoms with Crippen molar-refractivity contribution in [1.82, 2.24) is 25.1 Å². The third-order valence-electron chi connectivity index (χ3n) is 3.67. The molecule has 0 radical (unpaired) electrons. The zero-order valence-corrected chi connectivity index (χ0v) is 15.7. The molecule has 0 unspecified atom stereocenters. The van der Waals surface area contributed by atoms with Gasteiger partial charge in [-0.25, -0.2) is 14.6 Å². The summed E-state index contributed by atoms with van der Waals surface area (Å²) < 4.78 is 1.38. The zero-order chi connectivity index (χ0) is 19.1. The predicted octanol–water partition coefficient (Wildman–Crippen LogP) is 1.90. The van der Waals surface area contributed by atoms with E-state index >= 15 is 0 Å². The summed E-state index contributed by atoms with van der Waals surface area (Å²) in [5, 5.41) is 12.5. The van der Waals surface area contributed by atoms with Gasteiger partial charge >= 0.3 is 0 Å². The van der Waals surface area contributed by atoms with Crippen molar-refractivity contribution in [2.75, 3.05) is 11.9 Å². The molecule has 0 aliphatic heterocycles. The van der Waals surface area contributed by atoms with Crippen LogP contribution in [0.2, 0.25) is 0 Å². The molecule has 0 atom stereocenters. The number of thiazole rings is 1. The summed E-state index contributed by atoms with van der Waals surface area (Å²) in [7, 11) is 0. The molecule has 0 aliphatic rings. The van der Waals surface area contributed by atoms with E-state index in [0.717, 1.165) is 11.5 Å². The molecule has 0 aliphatic carbocycles. The molecule has 1 amide bonds. The van der Waals surface area contributed by atoms with Crippen molar-refractivity contribution in [2.45, 2.75) is 26.3 Å². The van der Waals surface area contributed by atoms with Crippen molar-refractivity contribution >= 4 is 28.2 Å². The van der Waals surface area contributed by atoms with E-state index < -0.39 is 0 Å². The molecule has 0 aromatic carbocycles. The number of rotatable bonds is 8. The maximum atomic E-state index is 12.0.